The van der Waals surface area contributed by atoms with Gasteiger partial charge in [0.2, 0.25) is 0 Å². The van der Waals surface area contributed by atoms with Crippen LogP contribution in [0.1, 0.15) is 44.2 Å². The zero-order chi connectivity index (χ0) is 23.7. The van der Waals surface area contributed by atoms with Gasteiger partial charge in [0.15, 0.2) is 4.80 Å². The number of hydrogen-bond acceptors (Lipinski definition) is 7. The number of ether oxygens (including phenoxy) is 2. The molecular formula is C24H23BrN2O4S2. The summed E-state index contributed by atoms with van der Waals surface area (Å²) in [5.74, 6) is 0.298. The average molecular weight is 547 g/mol. The van der Waals surface area contributed by atoms with Crippen LogP contribution in [0.4, 0.5) is 0 Å². The first-order chi connectivity index (χ1) is 15.8. The van der Waals surface area contributed by atoms with Gasteiger partial charge >= 0.3 is 5.97 Å². The number of esters is 1. The summed E-state index contributed by atoms with van der Waals surface area (Å²) in [6.07, 6.45) is 1.90. The number of carbonyl (C=O) groups excluding carboxylic acids is 1. The van der Waals surface area contributed by atoms with Crippen molar-refractivity contribution in [1.82, 2.24) is 4.57 Å². The highest BCUT2D eigenvalue weighted by Gasteiger charge is 2.33. The monoisotopic (exact) mass is 546 g/mol. The summed E-state index contributed by atoms with van der Waals surface area (Å²) < 4.78 is 14.0. The molecule has 0 spiro atoms. The van der Waals surface area contributed by atoms with Gasteiger partial charge in [0.1, 0.15) is 11.8 Å². The number of rotatable bonds is 6. The number of hydrogen-bond donors (Lipinski definition) is 0. The van der Waals surface area contributed by atoms with E-state index in [9.17, 15) is 9.59 Å². The maximum Gasteiger partial charge on any atom is 0.338 e. The molecule has 1 aromatic carbocycles. The van der Waals surface area contributed by atoms with E-state index in [0.717, 1.165) is 20.7 Å². The summed E-state index contributed by atoms with van der Waals surface area (Å²) >= 11 is 6.35. The van der Waals surface area contributed by atoms with Gasteiger partial charge in [-0.3, -0.25) is 9.36 Å². The van der Waals surface area contributed by atoms with Gasteiger partial charge in [-0.05, 0) is 78.8 Å². The smallest absolute Gasteiger partial charge is 0.338 e. The molecule has 0 N–H and O–H groups in total. The molecule has 3 aromatic rings. The molecule has 0 aliphatic carbocycles. The average Bonchev–Trinajstić information content (AvgIpc) is 3.38. The molecule has 1 aliphatic heterocycles. The van der Waals surface area contributed by atoms with Crippen molar-refractivity contribution < 1.29 is 14.3 Å². The predicted octanol–water partition coefficient (Wildman–Crippen LogP) is 4.41. The Morgan fingerprint density at radius 3 is 2.76 bits per heavy atom. The summed E-state index contributed by atoms with van der Waals surface area (Å²) in [7, 11) is 0. The first-order valence-electron chi connectivity index (χ1n) is 10.5. The SMILES string of the molecule is CCOC(=O)C1=C(C)N=c2s/c(=C\c3ccc(OC(C)C)c(Br)c3)c(=O)n2[C@H]1c1cccs1. The number of allylic oxidation sites excluding steroid dienone is 1. The first kappa shape index (κ1) is 23.7. The normalized spacial score (nSPS) is 16.1. The number of thiophene rings is 1. The van der Waals surface area contributed by atoms with Crippen LogP contribution < -0.4 is 19.6 Å². The predicted molar refractivity (Wildman–Crippen MR) is 135 cm³/mol. The maximum atomic E-state index is 13.5. The lowest BCUT2D eigenvalue weighted by atomic mass is 10.0. The lowest BCUT2D eigenvalue weighted by Crippen LogP contribution is -2.39. The number of fused-ring (bicyclic) bond motifs is 1. The molecule has 9 heteroatoms. The van der Waals surface area contributed by atoms with Crippen LogP contribution in [-0.4, -0.2) is 23.2 Å². The van der Waals surface area contributed by atoms with Gasteiger partial charge < -0.3 is 9.47 Å². The molecule has 1 atom stereocenters. The van der Waals surface area contributed by atoms with Crippen molar-refractivity contribution in [3.63, 3.8) is 0 Å². The number of aromatic nitrogens is 1. The van der Waals surface area contributed by atoms with E-state index in [1.165, 1.54) is 22.7 Å². The molecule has 1 aliphatic rings. The third-order valence-electron chi connectivity index (χ3n) is 4.95. The van der Waals surface area contributed by atoms with E-state index in [4.69, 9.17) is 9.47 Å². The van der Waals surface area contributed by atoms with Gasteiger partial charge in [-0.2, -0.15) is 0 Å². The Kier molecular flexibility index (Phi) is 7.02. The second kappa shape index (κ2) is 9.79. The Hall–Kier alpha value is -2.49. The van der Waals surface area contributed by atoms with E-state index in [1.54, 1.807) is 18.4 Å². The topological polar surface area (TPSA) is 69.9 Å². The van der Waals surface area contributed by atoms with Crippen LogP contribution in [0.2, 0.25) is 0 Å². The van der Waals surface area contributed by atoms with Crippen LogP contribution in [-0.2, 0) is 9.53 Å². The Balaban J connectivity index is 1.85. The van der Waals surface area contributed by atoms with Crippen LogP contribution in [0, 0.1) is 0 Å². The molecule has 0 fully saturated rings. The van der Waals surface area contributed by atoms with Crippen molar-refractivity contribution in [2.45, 2.75) is 39.8 Å². The fraction of sp³-hybridized carbons (Fsp3) is 0.292. The molecule has 0 saturated heterocycles. The third-order valence-corrected chi connectivity index (χ3v) is 7.47. The second-order valence-electron chi connectivity index (χ2n) is 7.67. The molecule has 172 valence electrons. The van der Waals surface area contributed by atoms with Crippen molar-refractivity contribution in [3.05, 3.63) is 81.6 Å². The van der Waals surface area contributed by atoms with Crippen LogP contribution >= 0.6 is 38.6 Å². The van der Waals surface area contributed by atoms with Gasteiger partial charge in [0.25, 0.3) is 5.56 Å². The molecular weight excluding hydrogens is 524 g/mol. The van der Waals surface area contributed by atoms with Crippen molar-refractivity contribution in [2.24, 2.45) is 4.99 Å². The van der Waals surface area contributed by atoms with Crippen LogP contribution in [0.3, 0.4) is 0 Å². The van der Waals surface area contributed by atoms with Crippen LogP contribution in [0.15, 0.2) is 61.2 Å². The van der Waals surface area contributed by atoms with Gasteiger partial charge in [0, 0.05) is 4.88 Å². The summed E-state index contributed by atoms with van der Waals surface area (Å²) in [6, 6.07) is 8.98. The molecule has 0 amide bonds. The van der Waals surface area contributed by atoms with E-state index in [-0.39, 0.29) is 18.3 Å². The summed E-state index contributed by atoms with van der Waals surface area (Å²) in [4.78, 5) is 32.4. The molecule has 0 unspecified atom stereocenters. The van der Waals surface area contributed by atoms with Crippen molar-refractivity contribution in [3.8, 4) is 5.75 Å². The molecule has 2 aromatic heterocycles. The van der Waals surface area contributed by atoms with E-state index < -0.39 is 12.0 Å². The zero-order valence-electron chi connectivity index (χ0n) is 18.6. The minimum Gasteiger partial charge on any atom is -0.490 e. The number of benzene rings is 1. The lowest BCUT2D eigenvalue weighted by Gasteiger charge is -2.23. The second-order valence-corrected chi connectivity index (χ2v) is 10.5. The van der Waals surface area contributed by atoms with Gasteiger partial charge in [0.05, 0.1) is 33.0 Å². The van der Waals surface area contributed by atoms with E-state index in [2.05, 4.69) is 20.9 Å². The van der Waals surface area contributed by atoms with Gasteiger partial charge in [-0.25, -0.2) is 9.79 Å². The maximum absolute atomic E-state index is 13.5. The summed E-state index contributed by atoms with van der Waals surface area (Å²) in [5.41, 5.74) is 1.64. The molecule has 0 saturated carbocycles. The lowest BCUT2D eigenvalue weighted by molar-refractivity contribution is -0.139. The van der Waals surface area contributed by atoms with Gasteiger partial charge in [-0.15, -0.1) is 11.3 Å². The van der Waals surface area contributed by atoms with Crippen LogP contribution in [0.5, 0.6) is 5.75 Å². The largest absolute Gasteiger partial charge is 0.490 e. The van der Waals surface area contributed by atoms with Crippen molar-refractivity contribution in [1.29, 1.82) is 0 Å². The summed E-state index contributed by atoms with van der Waals surface area (Å²) in [6.45, 7) is 7.74. The molecule has 4 rings (SSSR count). The number of nitrogens with zero attached hydrogens (tertiary/aromatic N) is 2. The van der Waals surface area contributed by atoms with Crippen molar-refractivity contribution in [2.75, 3.05) is 6.61 Å². The standard InChI is InChI=1S/C24H23BrN2O4S2/c1-5-30-23(29)20-14(4)26-24-27(21(20)18-7-6-10-32-18)22(28)19(33-24)12-15-8-9-17(16(25)11-15)31-13(2)3/h6-13,21H,5H2,1-4H3/b19-12-/t21-/m0/s1. The Morgan fingerprint density at radius 2 is 2.12 bits per heavy atom. The third kappa shape index (κ3) is 4.76. The van der Waals surface area contributed by atoms with Crippen molar-refractivity contribution >= 4 is 50.6 Å². The molecule has 33 heavy (non-hydrogen) atoms. The fourth-order valence-corrected chi connectivity index (χ4v) is 5.98. The summed E-state index contributed by atoms with van der Waals surface area (Å²) in [5, 5.41) is 1.93. The Bertz CT molecular complexity index is 1400. The van der Waals surface area contributed by atoms with E-state index >= 15 is 0 Å². The molecule has 6 nitrogen and oxygen atoms in total. The number of thiazole rings is 1. The first-order valence-corrected chi connectivity index (χ1v) is 13.0. The minimum absolute atomic E-state index is 0.0601. The Morgan fingerprint density at radius 1 is 1.33 bits per heavy atom. The minimum atomic E-state index is -0.559. The quantitative estimate of drug-likeness (QED) is 0.429. The fourth-order valence-electron chi connectivity index (χ4n) is 3.62. The highest BCUT2D eigenvalue weighted by molar-refractivity contribution is 9.10. The Labute approximate surface area is 207 Å². The molecule has 3 heterocycles. The van der Waals surface area contributed by atoms with E-state index in [0.29, 0.717) is 20.6 Å². The molecule has 0 radical (unpaired) electrons. The van der Waals surface area contributed by atoms with Gasteiger partial charge in [-0.1, -0.05) is 23.5 Å². The molecule has 0 bridgehead atoms. The highest BCUT2D eigenvalue weighted by Crippen LogP contribution is 2.33. The zero-order valence-corrected chi connectivity index (χ0v) is 21.8. The number of carbonyl (C=O) groups is 1. The highest BCUT2D eigenvalue weighted by atomic mass is 79.9. The number of halogens is 1. The van der Waals surface area contributed by atoms with E-state index in [1.807, 2.05) is 55.6 Å². The van der Waals surface area contributed by atoms with Crippen LogP contribution in [0.25, 0.3) is 6.08 Å².